The highest BCUT2D eigenvalue weighted by Gasteiger charge is 2.46. The summed E-state index contributed by atoms with van der Waals surface area (Å²) < 4.78 is 3.02. The van der Waals surface area contributed by atoms with Crippen LogP contribution in [0.5, 0.6) is 23.5 Å². The summed E-state index contributed by atoms with van der Waals surface area (Å²) in [6.07, 6.45) is 5.42. The SMILES string of the molecule is CCCn1c(O)c2c(c1O)C1C=CC2c2c1c(O)n(CCC)c2O. The number of hydrogen-bond acceptors (Lipinski definition) is 4. The van der Waals surface area contributed by atoms with Gasteiger partial charge in [-0.15, -0.1) is 0 Å². The Morgan fingerprint density at radius 2 is 0.958 bits per heavy atom. The zero-order valence-corrected chi connectivity index (χ0v) is 13.8. The molecule has 24 heavy (non-hydrogen) atoms. The van der Waals surface area contributed by atoms with Gasteiger partial charge in [-0.3, -0.25) is 9.13 Å². The summed E-state index contributed by atoms with van der Waals surface area (Å²) in [7, 11) is 0. The van der Waals surface area contributed by atoms with Crippen LogP contribution in [0.15, 0.2) is 12.2 Å². The quantitative estimate of drug-likeness (QED) is 0.649. The predicted molar refractivity (Wildman–Crippen MR) is 88.9 cm³/mol. The van der Waals surface area contributed by atoms with E-state index < -0.39 is 0 Å². The van der Waals surface area contributed by atoms with Crippen LogP contribution >= 0.6 is 0 Å². The molecule has 128 valence electrons. The molecule has 0 fully saturated rings. The van der Waals surface area contributed by atoms with E-state index in [9.17, 15) is 20.4 Å². The van der Waals surface area contributed by atoms with Gasteiger partial charge >= 0.3 is 0 Å². The van der Waals surface area contributed by atoms with E-state index in [-0.39, 0.29) is 35.4 Å². The number of allylic oxidation sites excluding steroid dienone is 2. The highest BCUT2D eigenvalue weighted by atomic mass is 16.3. The number of aromatic nitrogens is 2. The third-order valence-corrected chi connectivity index (χ3v) is 5.20. The molecular weight excluding hydrogens is 308 g/mol. The minimum absolute atomic E-state index is 0.0523. The fourth-order valence-corrected chi connectivity index (χ4v) is 4.26. The molecule has 2 aromatic heterocycles. The van der Waals surface area contributed by atoms with E-state index in [1.165, 1.54) is 9.13 Å². The highest BCUT2D eigenvalue weighted by molar-refractivity contribution is 5.71. The Bertz CT molecular complexity index is 734. The molecule has 6 heteroatoms. The lowest BCUT2D eigenvalue weighted by molar-refractivity contribution is 0.360. The van der Waals surface area contributed by atoms with E-state index in [4.69, 9.17) is 0 Å². The summed E-state index contributed by atoms with van der Waals surface area (Å²) in [5.74, 6) is -0.498. The fraction of sp³-hybridized carbons (Fsp3) is 0.444. The van der Waals surface area contributed by atoms with Crippen molar-refractivity contribution < 1.29 is 20.4 Å². The van der Waals surface area contributed by atoms with Crippen molar-refractivity contribution in [2.45, 2.75) is 51.6 Å². The smallest absolute Gasteiger partial charge is 0.198 e. The van der Waals surface area contributed by atoms with Gasteiger partial charge in [0, 0.05) is 47.2 Å². The van der Waals surface area contributed by atoms with Gasteiger partial charge in [-0.25, -0.2) is 0 Å². The average molecular weight is 330 g/mol. The molecule has 6 nitrogen and oxygen atoms in total. The van der Waals surface area contributed by atoms with E-state index in [0.29, 0.717) is 35.3 Å². The third kappa shape index (κ3) is 1.60. The normalized spacial score (nSPS) is 20.4. The van der Waals surface area contributed by atoms with Gasteiger partial charge in [-0.1, -0.05) is 26.0 Å². The van der Waals surface area contributed by atoms with E-state index in [1.807, 2.05) is 26.0 Å². The molecule has 0 saturated carbocycles. The minimum atomic E-state index is -0.354. The van der Waals surface area contributed by atoms with Crippen molar-refractivity contribution in [3.63, 3.8) is 0 Å². The Balaban J connectivity index is 1.97. The van der Waals surface area contributed by atoms with Crippen LogP contribution in [0.2, 0.25) is 0 Å². The van der Waals surface area contributed by atoms with E-state index in [0.717, 1.165) is 12.8 Å². The monoisotopic (exact) mass is 330 g/mol. The zero-order chi connectivity index (χ0) is 17.2. The maximum absolute atomic E-state index is 10.6. The first-order valence-electron chi connectivity index (χ1n) is 8.49. The molecule has 0 atom stereocenters. The maximum atomic E-state index is 10.6. The van der Waals surface area contributed by atoms with Gasteiger partial charge in [0.2, 0.25) is 0 Å². The summed E-state index contributed by atoms with van der Waals surface area (Å²) in [5, 5.41) is 42.5. The van der Waals surface area contributed by atoms with Crippen LogP contribution < -0.4 is 0 Å². The van der Waals surface area contributed by atoms with Gasteiger partial charge in [-0.2, -0.15) is 0 Å². The second-order valence-electron chi connectivity index (χ2n) is 6.59. The summed E-state index contributed by atoms with van der Waals surface area (Å²) in [6.45, 7) is 4.99. The van der Waals surface area contributed by atoms with Crippen molar-refractivity contribution in [3.05, 3.63) is 34.4 Å². The van der Waals surface area contributed by atoms with Crippen molar-refractivity contribution in [3.8, 4) is 23.5 Å². The molecule has 5 rings (SSSR count). The molecule has 0 aromatic carbocycles. The maximum Gasteiger partial charge on any atom is 0.198 e. The lowest BCUT2D eigenvalue weighted by Gasteiger charge is -2.31. The molecule has 3 aliphatic rings. The van der Waals surface area contributed by atoms with E-state index in [1.54, 1.807) is 0 Å². The third-order valence-electron chi connectivity index (χ3n) is 5.20. The average Bonchev–Trinajstić information content (AvgIpc) is 2.99. The highest BCUT2D eigenvalue weighted by Crippen LogP contribution is 2.60. The zero-order valence-electron chi connectivity index (χ0n) is 13.8. The molecular formula is C18H22N2O4. The first kappa shape index (κ1) is 15.1. The topological polar surface area (TPSA) is 90.8 Å². The van der Waals surface area contributed by atoms with E-state index in [2.05, 4.69) is 0 Å². The van der Waals surface area contributed by atoms with Crippen LogP contribution in [-0.4, -0.2) is 29.6 Å². The van der Waals surface area contributed by atoms with Crippen molar-refractivity contribution in [1.82, 2.24) is 9.13 Å². The number of nitrogens with zero attached hydrogens (tertiary/aromatic N) is 2. The fourth-order valence-electron chi connectivity index (χ4n) is 4.26. The minimum Gasteiger partial charge on any atom is -0.494 e. The lowest BCUT2D eigenvalue weighted by atomic mass is 9.70. The summed E-state index contributed by atoms with van der Waals surface area (Å²) >= 11 is 0. The van der Waals surface area contributed by atoms with Gasteiger partial charge in [-0.05, 0) is 12.8 Å². The number of rotatable bonds is 4. The molecule has 2 aromatic rings. The Kier molecular flexibility index (Phi) is 3.13. The molecule has 2 bridgehead atoms. The van der Waals surface area contributed by atoms with Crippen molar-refractivity contribution in [1.29, 1.82) is 0 Å². The van der Waals surface area contributed by atoms with Crippen LogP contribution in [0.4, 0.5) is 0 Å². The summed E-state index contributed by atoms with van der Waals surface area (Å²) in [6, 6.07) is 0. The molecule has 0 saturated heterocycles. The summed E-state index contributed by atoms with van der Waals surface area (Å²) in [5.41, 5.74) is 2.57. The van der Waals surface area contributed by atoms with Gasteiger partial charge in [0.15, 0.2) is 23.5 Å². The van der Waals surface area contributed by atoms with Crippen LogP contribution in [0.3, 0.4) is 0 Å². The van der Waals surface area contributed by atoms with Crippen LogP contribution in [0.1, 0.15) is 60.8 Å². The number of aromatic hydroxyl groups is 4. The molecule has 0 amide bonds. The first-order valence-corrected chi connectivity index (χ1v) is 8.49. The lowest BCUT2D eigenvalue weighted by Crippen LogP contribution is -2.17. The van der Waals surface area contributed by atoms with Gasteiger partial charge in [0.1, 0.15) is 0 Å². The molecule has 0 aliphatic heterocycles. The van der Waals surface area contributed by atoms with Crippen molar-refractivity contribution in [2.75, 3.05) is 0 Å². The molecule has 0 unspecified atom stereocenters. The van der Waals surface area contributed by atoms with Gasteiger partial charge in [0.25, 0.3) is 0 Å². The Morgan fingerprint density at radius 1 is 0.667 bits per heavy atom. The van der Waals surface area contributed by atoms with E-state index >= 15 is 0 Å². The predicted octanol–water partition coefficient (Wildman–Crippen LogP) is 3.08. The van der Waals surface area contributed by atoms with Crippen LogP contribution in [0, 0.1) is 0 Å². The first-order chi connectivity index (χ1) is 11.5. The van der Waals surface area contributed by atoms with Crippen LogP contribution in [0.25, 0.3) is 0 Å². The second kappa shape index (κ2) is 5.00. The molecule has 0 spiro atoms. The Morgan fingerprint density at radius 3 is 1.21 bits per heavy atom. The Labute approximate surface area is 139 Å². The van der Waals surface area contributed by atoms with Gasteiger partial charge < -0.3 is 20.4 Å². The van der Waals surface area contributed by atoms with Crippen LogP contribution in [-0.2, 0) is 13.1 Å². The van der Waals surface area contributed by atoms with Gasteiger partial charge in [0.05, 0.1) is 0 Å². The molecule has 4 N–H and O–H groups in total. The largest absolute Gasteiger partial charge is 0.494 e. The van der Waals surface area contributed by atoms with Crippen molar-refractivity contribution >= 4 is 0 Å². The molecule has 3 aliphatic carbocycles. The standard InChI is InChI=1S/C18H22N2O4/c1-3-7-19-15(21)11-9-5-6-10(12(11)16(19)22)14-13(9)17(23)20(8-4-2)18(14)24/h5-6,9-10,21-24H,3-4,7-8H2,1-2H3. The van der Waals surface area contributed by atoms with Crippen molar-refractivity contribution in [2.24, 2.45) is 0 Å². The Hall–Kier alpha value is -2.50. The molecule has 2 heterocycles. The summed E-state index contributed by atoms with van der Waals surface area (Å²) in [4.78, 5) is 0. The second-order valence-corrected chi connectivity index (χ2v) is 6.59. The molecule has 0 radical (unpaired) electrons. The number of hydrogen-bond donors (Lipinski definition) is 4.